The van der Waals surface area contributed by atoms with Crippen LogP contribution in [-0.2, 0) is 0 Å². The molecule has 134 valence electrons. The molecule has 0 amide bonds. The summed E-state index contributed by atoms with van der Waals surface area (Å²) in [5.41, 5.74) is 2.04. The fraction of sp³-hybridized carbons (Fsp3) is 0.316. The van der Waals surface area contributed by atoms with Crippen molar-refractivity contribution in [2.45, 2.75) is 13.3 Å². The van der Waals surface area contributed by atoms with Gasteiger partial charge in [-0.25, -0.2) is 15.0 Å². The van der Waals surface area contributed by atoms with Crippen LogP contribution in [0.1, 0.15) is 12.0 Å². The lowest BCUT2D eigenvalue weighted by Gasteiger charge is -2.13. The lowest BCUT2D eigenvalue weighted by atomic mass is 10.1. The second kappa shape index (κ2) is 7.39. The van der Waals surface area contributed by atoms with E-state index in [0.29, 0.717) is 5.92 Å². The van der Waals surface area contributed by atoms with Gasteiger partial charge in [0, 0.05) is 38.0 Å². The average Bonchev–Trinajstić information content (AvgIpc) is 3.31. The molecule has 0 bridgehead atoms. The van der Waals surface area contributed by atoms with Crippen molar-refractivity contribution in [3.63, 3.8) is 0 Å². The molecule has 0 spiro atoms. The lowest BCUT2D eigenvalue weighted by Crippen LogP contribution is -2.20. The van der Waals surface area contributed by atoms with Crippen molar-refractivity contribution >= 4 is 28.1 Å². The van der Waals surface area contributed by atoms with E-state index in [-0.39, 0.29) is 6.61 Å². The molecular formula is C19H21N5OS. The molecule has 6 nitrogen and oxygen atoms in total. The summed E-state index contributed by atoms with van der Waals surface area (Å²) < 4.78 is 0. The molecule has 0 saturated carbocycles. The van der Waals surface area contributed by atoms with E-state index in [1.165, 1.54) is 0 Å². The SMILES string of the molecule is Cc1ccnc(Nc2cccc(-c3cnc(N4CCC(CO)C4)s3)n2)c1. The van der Waals surface area contributed by atoms with Crippen LogP contribution in [0.2, 0.25) is 0 Å². The Kier molecular flexibility index (Phi) is 4.81. The highest BCUT2D eigenvalue weighted by atomic mass is 32.1. The minimum absolute atomic E-state index is 0.247. The Morgan fingerprint density at radius 1 is 1.27 bits per heavy atom. The van der Waals surface area contributed by atoms with Gasteiger partial charge in [-0.1, -0.05) is 17.4 Å². The number of hydrogen-bond donors (Lipinski definition) is 2. The van der Waals surface area contributed by atoms with Crippen LogP contribution in [0.4, 0.5) is 16.8 Å². The van der Waals surface area contributed by atoms with Gasteiger partial charge in [-0.2, -0.15) is 0 Å². The summed E-state index contributed by atoms with van der Waals surface area (Å²) >= 11 is 1.64. The summed E-state index contributed by atoms with van der Waals surface area (Å²) in [7, 11) is 0. The summed E-state index contributed by atoms with van der Waals surface area (Å²) in [6.07, 6.45) is 4.68. The molecule has 1 unspecified atom stereocenters. The van der Waals surface area contributed by atoms with Crippen LogP contribution in [0.3, 0.4) is 0 Å². The van der Waals surface area contributed by atoms with E-state index in [2.05, 4.69) is 20.2 Å². The van der Waals surface area contributed by atoms with Gasteiger partial charge in [0.25, 0.3) is 0 Å². The van der Waals surface area contributed by atoms with Gasteiger partial charge >= 0.3 is 0 Å². The van der Waals surface area contributed by atoms with Crippen LogP contribution in [-0.4, -0.2) is 39.8 Å². The lowest BCUT2D eigenvalue weighted by molar-refractivity contribution is 0.238. The fourth-order valence-corrected chi connectivity index (χ4v) is 3.98. The minimum atomic E-state index is 0.247. The number of pyridine rings is 2. The number of aliphatic hydroxyl groups excluding tert-OH is 1. The second-order valence-corrected chi connectivity index (χ2v) is 7.55. The van der Waals surface area contributed by atoms with Crippen LogP contribution < -0.4 is 10.2 Å². The molecule has 2 N–H and O–H groups in total. The first-order chi connectivity index (χ1) is 12.7. The number of aromatic nitrogens is 3. The number of thiazole rings is 1. The molecule has 26 heavy (non-hydrogen) atoms. The molecule has 1 saturated heterocycles. The monoisotopic (exact) mass is 367 g/mol. The van der Waals surface area contributed by atoms with Gasteiger partial charge in [-0.15, -0.1) is 0 Å². The average molecular weight is 367 g/mol. The third-order valence-electron chi connectivity index (χ3n) is 4.48. The molecular weight excluding hydrogens is 346 g/mol. The van der Waals surface area contributed by atoms with Crippen LogP contribution in [0.15, 0.2) is 42.7 Å². The zero-order chi connectivity index (χ0) is 17.9. The molecule has 0 aliphatic carbocycles. The van der Waals surface area contributed by atoms with Gasteiger partial charge in [0.1, 0.15) is 11.6 Å². The topological polar surface area (TPSA) is 74.2 Å². The zero-order valence-corrected chi connectivity index (χ0v) is 15.4. The number of hydrogen-bond acceptors (Lipinski definition) is 7. The Labute approximate surface area is 156 Å². The number of rotatable bonds is 5. The molecule has 4 heterocycles. The largest absolute Gasteiger partial charge is 0.396 e. The number of aliphatic hydroxyl groups is 1. The first-order valence-electron chi connectivity index (χ1n) is 8.70. The Bertz CT molecular complexity index is 897. The normalized spacial score (nSPS) is 16.8. The Balaban J connectivity index is 1.52. The van der Waals surface area contributed by atoms with Crippen molar-refractivity contribution in [2.75, 3.05) is 29.9 Å². The van der Waals surface area contributed by atoms with Gasteiger partial charge in [0.2, 0.25) is 0 Å². The molecule has 1 aliphatic heterocycles. The zero-order valence-electron chi connectivity index (χ0n) is 14.6. The van der Waals surface area contributed by atoms with E-state index in [1.807, 2.05) is 43.5 Å². The number of aryl methyl sites for hydroxylation is 1. The molecule has 1 atom stereocenters. The first-order valence-corrected chi connectivity index (χ1v) is 9.51. The minimum Gasteiger partial charge on any atom is -0.396 e. The van der Waals surface area contributed by atoms with E-state index in [4.69, 9.17) is 4.98 Å². The maximum absolute atomic E-state index is 9.32. The molecule has 7 heteroatoms. The van der Waals surface area contributed by atoms with Gasteiger partial charge in [-0.3, -0.25) is 0 Å². The number of nitrogens with zero attached hydrogens (tertiary/aromatic N) is 4. The molecule has 0 aromatic carbocycles. The highest BCUT2D eigenvalue weighted by Gasteiger charge is 2.24. The smallest absolute Gasteiger partial charge is 0.185 e. The van der Waals surface area contributed by atoms with Gasteiger partial charge in [0.15, 0.2) is 5.13 Å². The van der Waals surface area contributed by atoms with E-state index in [1.54, 1.807) is 17.5 Å². The maximum atomic E-state index is 9.32. The number of anilines is 3. The van der Waals surface area contributed by atoms with Gasteiger partial charge in [-0.05, 0) is 43.2 Å². The molecule has 0 radical (unpaired) electrons. The second-order valence-electron chi connectivity index (χ2n) is 6.54. The number of nitrogens with one attached hydrogen (secondary N) is 1. The van der Waals surface area contributed by atoms with E-state index < -0.39 is 0 Å². The van der Waals surface area contributed by atoms with Crippen LogP contribution in [0, 0.1) is 12.8 Å². The summed E-state index contributed by atoms with van der Waals surface area (Å²) in [5, 5.41) is 13.6. The molecule has 1 fully saturated rings. The van der Waals surface area contributed by atoms with E-state index in [0.717, 1.165) is 52.4 Å². The molecule has 3 aromatic heterocycles. The molecule has 3 aromatic rings. The first kappa shape index (κ1) is 16.9. The molecule has 1 aliphatic rings. The van der Waals surface area contributed by atoms with Crippen molar-refractivity contribution in [2.24, 2.45) is 5.92 Å². The Morgan fingerprint density at radius 3 is 3.00 bits per heavy atom. The van der Waals surface area contributed by atoms with Crippen molar-refractivity contribution in [3.05, 3.63) is 48.3 Å². The maximum Gasteiger partial charge on any atom is 0.185 e. The molecule has 4 rings (SSSR count). The predicted octanol–water partition coefficient (Wildman–Crippen LogP) is 3.47. The fourth-order valence-electron chi connectivity index (χ4n) is 3.06. The highest BCUT2D eigenvalue weighted by Crippen LogP contribution is 2.33. The van der Waals surface area contributed by atoms with Crippen molar-refractivity contribution < 1.29 is 5.11 Å². The standard InChI is InChI=1S/C19H21N5OS/c1-13-5-7-20-18(9-13)23-17-4-2-3-15(22-17)16-10-21-19(26-16)24-8-6-14(11-24)12-25/h2-5,7,9-10,14,25H,6,8,11-12H2,1H3,(H,20,22,23). The predicted molar refractivity (Wildman–Crippen MR) is 105 cm³/mol. The highest BCUT2D eigenvalue weighted by molar-refractivity contribution is 7.18. The van der Waals surface area contributed by atoms with Crippen LogP contribution in [0.25, 0.3) is 10.6 Å². The van der Waals surface area contributed by atoms with Crippen LogP contribution in [0.5, 0.6) is 0 Å². The van der Waals surface area contributed by atoms with Crippen molar-refractivity contribution in [1.29, 1.82) is 0 Å². The summed E-state index contributed by atoms with van der Waals surface area (Å²) in [6, 6.07) is 9.86. The summed E-state index contributed by atoms with van der Waals surface area (Å²) in [4.78, 5) is 16.9. The Morgan fingerprint density at radius 2 is 2.19 bits per heavy atom. The van der Waals surface area contributed by atoms with Gasteiger partial charge in [0.05, 0.1) is 10.6 Å². The Hall–Kier alpha value is -2.51. The summed E-state index contributed by atoms with van der Waals surface area (Å²) in [5.74, 6) is 1.90. The van der Waals surface area contributed by atoms with Gasteiger partial charge < -0.3 is 15.3 Å². The summed E-state index contributed by atoms with van der Waals surface area (Å²) in [6.45, 7) is 4.11. The van der Waals surface area contributed by atoms with E-state index >= 15 is 0 Å². The third kappa shape index (κ3) is 3.68. The van der Waals surface area contributed by atoms with Crippen molar-refractivity contribution in [3.8, 4) is 10.6 Å². The quantitative estimate of drug-likeness (QED) is 0.719. The third-order valence-corrected chi connectivity index (χ3v) is 5.56. The van der Waals surface area contributed by atoms with E-state index in [9.17, 15) is 5.11 Å². The van der Waals surface area contributed by atoms with Crippen LogP contribution >= 0.6 is 11.3 Å². The van der Waals surface area contributed by atoms with Crippen molar-refractivity contribution in [1.82, 2.24) is 15.0 Å².